The van der Waals surface area contributed by atoms with Gasteiger partial charge < -0.3 is 15.8 Å². The van der Waals surface area contributed by atoms with Crippen LogP contribution in [-0.4, -0.2) is 30.0 Å². The molecule has 1 aromatic heterocycles. The second-order valence-electron chi connectivity index (χ2n) is 5.32. The fourth-order valence-electron chi connectivity index (χ4n) is 2.42. The van der Waals surface area contributed by atoms with E-state index in [0.29, 0.717) is 19.0 Å². The van der Waals surface area contributed by atoms with E-state index in [1.54, 1.807) is 6.07 Å². The summed E-state index contributed by atoms with van der Waals surface area (Å²) in [6, 6.07) is 3.54. The molecule has 106 valence electrons. The number of nitrogens with two attached hydrogens (primary N) is 1. The van der Waals surface area contributed by atoms with E-state index in [1.165, 1.54) is 0 Å². The van der Waals surface area contributed by atoms with Gasteiger partial charge in [0, 0.05) is 18.4 Å². The molecule has 20 heavy (non-hydrogen) atoms. The first-order valence-corrected chi connectivity index (χ1v) is 6.84. The normalized spacial score (nSPS) is 21.7. The Balaban J connectivity index is 1.84. The minimum Gasteiger partial charge on any atom is -0.381 e. The zero-order valence-corrected chi connectivity index (χ0v) is 11.1. The van der Waals surface area contributed by atoms with Crippen molar-refractivity contribution in [3.63, 3.8) is 0 Å². The first kappa shape index (κ1) is 13.1. The molecular formula is C14H17N3O3. The molecule has 0 aromatic carbocycles. The zero-order chi connectivity index (χ0) is 14.1. The number of hydrogen-bond acceptors (Lipinski definition) is 4. The maximum absolute atomic E-state index is 11.7. The summed E-state index contributed by atoms with van der Waals surface area (Å²) in [6.07, 6.45) is 2.70. The summed E-state index contributed by atoms with van der Waals surface area (Å²) in [7, 11) is 0. The van der Waals surface area contributed by atoms with Gasteiger partial charge in [0.15, 0.2) is 0 Å². The lowest BCUT2D eigenvalue weighted by Crippen LogP contribution is -2.20. The minimum absolute atomic E-state index is 0.0372. The van der Waals surface area contributed by atoms with Gasteiger partial charge in [0.2, 0.25) is 5.91 Å². The number of nitrogens with one attached hydrogen (secondary N) is 1. The molecular weight excluding hydrogens is 258 g/mol. The van der Waals surface area contributed by atoms with Crippen molar-refractivity contribution in [1.82, 2.24) is 4.98 Å². The largest absolute Gasteiger partial charge is 0.381 e. The molecule has 6 nitrogen and oxygen atoms in total. The second kappa shape index (κ2) is 5.20. The molecule has 3 N–H and O–H groups in total. The Kier molecular flexibility index (Phi) is 3.40. The lowest BCUT2D eigenvalue weighted by Gasteiger charge is -2.13. The Hall–Kier alpha value is -1.95. The quantitative estimate of drug-likeness (QED) is 0.858. The van der Waals surface area contributed by atoms with Gasteiger partial charge >= 0.3 is 0 Å². The molecule has 1 atom stereocenters. The lowest BCUT2D eigenvalue weighted by molar-refractivity contribution is -0.117. The van der Waals surface area contributed by atoms with Crippen LogP contribution >= 0.6 is 0 Å². The molecule has 2 aliphatic rings. The van der Waals surface area contributed by atoms with Crippen LogP contribution in [0.1, 0.15) is 41.2 Å². The van der Waals surface area contributed by atoms with Crippen LogP contribution < -0.4 is 11.1 Å². The fourth-order valence-corrected chi connectivity index (χ4v) is 2.42. The topological polar surface area (TPSA) is 94.3 Å². The number of primary amides is 1. The molecule has 1 unspecified atom stereocenters. The molecule has 1 aromatic rings. The highest BCUT2D eigenvalue weighted by Crippen LogP contribution is 2.31. The van der Waals surface area contributed by atoms with Crippen LogP contribution in [0.4, 0.5) is 5.82 Å². The highest BCUT2D eigenvalue weighted by molar-refractivity contribution is 5.95. The molecule has 2 amide bonds. The van der Waals surface area contributed by atoms with Crippen molar-refractivity contribution in [3.05, 3.63) is 23.4 Å². The van der Waals surface area contributed by atoms with Crippen molar-refractivity contribution >= 4 is 17.6 Å². The summed E-state index contributed by atoms with van der Waals surface area (Å²) in [5.41, 5.74) is 6.43. The molecule has 1 saturated heterocycles. The summed E-state index contributed by atoms with van der Waals surface area (Å²) in [5.74, 6) is 0.0209. The standard InChI is InChI=1S/C14H17N3O3/c15-13(18)12-10(9-5-6-20-7-9)3-4-11(16-12)17-14(19)8-1-2-8/h3-4,8-9H,1-2,5-7H2,(H2,15,18)(H,16,17,19). The average Bonchev–Trinajstić information content (AvgIpc) is 3.15. The van der Waals surface area contributed by atoms with Crippen molar-refractivity contribution in [1.29, 1.82) is 0 Å². The van der Waals surface area contributed by atoms with Gasteiger partial charge in [-0.25, -0.2) is 4.98 Å². The highest BCUT2D eigenvalue weighted by Gasteiger charge is 2.30. The van der Waals surface area contributed by atoms with Gasteiger partial charge in [-0.15, -0.1) is 0 Å². The Morgan fingerprint density at radius 2 is 2.10 bits per heavy atom. The number of hydrogen-bond donors (Lipinski definition) is 2. The van der Waals surface area contributed by atoms with Crippen LogP contribution in [-0.2, 0) is 9.53 Å². The molecule has 1 aliphatic heterocycles. The van der Waals surface area contributed by atoms with Gasteiger partial charge in [0.1, 0.15) is 11.5 Å². The number of ether oxygens (including phenoxy) is 1. The van der Waals surface area contributed by atoms with E-state index in [0.717, 1.165) is 24.8 Å². The predicted octanol–water partition coefficient (Wildman–Crippen LogP) is 1.03. The van der Waals surface area contributed by atoms with E-state index in [-0.39, 0.29) is 23.4 Å². The number of nitrogens with zero attached hydrogens (tertiary/aromatic N) is 1. The van der Waals surface area contributed by atoms with Gasteiger partial charge in [-0.05, 0) is 30.9 Å². The zero-order valence-electron chi connectivity index (χ0n) is 11.1. The van der Waals surface area contributed by atoms with Gasteiger partial charge in [0.25, 0.3) is 5.91 Å². The minimum atomic E-state index is -0.575. The van der Waals surface area contributed by atoms with Gasteiger partial charge in [-0.1, -0.05) is 6.07 Å². The highest BCUT2D eigenvalue weighted by atomic mass is 16.5. The first-order valence-electron chi connectivity index (χ1n) is 6.84. The van der Waals surface area contributed by atoms with E-state index >= 15 is 0 Å². The Bertz CT molecular complexity index is 549. The number of pyridine rings is 1. The summed E-state index contributed by atoms with van der Waals surface area (Å²) >= 11 is 0. The number of carbonyl (C=O) groups is 2. The smallest absolute Gasteiger partial charge is 0.267 e. The summed E-state index contributed by atoms with van der Waals surface area (Å²) in [5, 5.41) is 2.73. The molecule has 6 heteroatoms. The van der Waals surface area contributed by atoms with Crippen molar-refractivity contribution < 1.29 is 14.3 Å². The Morgan fingerprint density at radius 3 is 2.70 bits per heavy atom. The number of carbonyl (C=O) groups excluding carboxylic acids is 2. The number of aromatic nitrogens is 1. The molecule has 1 saturated carbocycles. The van der Waals surface area contributed by atoms with Crippen LogP contribution in [0.2, 0.25) is 0 Å². The van der Waals surface area contributed by atoms with E-state index < -0.39 is 5.91 Å². The van der Waals surface area contributed by atoms with E-state index in [1.807, 2.05) is 6.07 Å². The van der Waals surface area contributed by atoms with Crippen LogP contribution in [0.3, 0.4) is 0 Å². The number of anilines is 1. The Morgan fingerprint density at radius 1 is 1.30 bits per heavy atom. The fraction of sp³-hybridized carbons (Fsp3) is 0.500. The second-order valence-corrected chi connectivity index (χ2v) is 5.32. The molecule has 2 heterocycles. The van der Waals surface area contributed by atoms with Crippen molar-refractivity contribution in [2.24, 2.45) is 11.7 Å². The third-order valence-corrected chi connectivity index (χ3v) is 3.73. The first-order chi connectivity index (χ1) is 9.65. The van der Waals surface area contributed by atoms with Gasteiger partial charge in [-0.2, -0.15) is 0 Å². The van der Waals surface area contributed by atoms with E-state index in [2.05, 4.69) is 10.3 Å². The molecule has 2 fully saturated rings. The summed E-state index contributed by atoms with van der Waals surface area (Å²) < 4.78 is 5.33. The SMILES string of the molecule is NC(=O)c1nc(NC(=O)C2CC2)ccc1C1CCOC1. The summed E-state index contributed by atoms with van der Waals surface area (Å²) in [4.78, 5) is 27.5. The molecule has 0 radical (unpaired) electrons. The molecule has 3 rings (SSSR count). The maximum atomic E-state index is 11.7. The van der Waals surface area contributed by atoms with Crippen LogP contribution in [0, 0.1) is 5.92 Å². The lowest BCUT2D eigenvalue weighted by atomic mass is 9.96. The molecule has 0 spiro atoms. The van der Waals surface area contributed by atoms with Gasteiger partial charge in [-0.3, -0.25) is 9.59 Å². The molecule has 1 aliphatic carbocycles. The van der Waals surface area contributed by atoms with Crippen molar-refractivity contribution in [2.45, 2.75) is 25.2 Å². The van der Waals surface area contributed by atoms with E-state index in [4.69, 9.17) is 10.5 Å². The third kappa shape index (κ3) is 2.65. The van der Waals surface area contributed by atoms with E-state index in [9.17, 15) is 9.59 Å². The Labute approximate surface area is 116 Å². The van der Waals surface area contributed by atoms with Crippen LogP contribution in [0.5, 0.6) is 0 Å². The van der Waals surface area contributed by atoms with Gasteiger partial charge in [0.05, 0.1) is 6.61 Å². The van der Waals surface area contributed by atoms with Crippen molar-refractivity contribution in [3.8, 4) is 0 Å². The maximum Gasteiger partial charge on any atom is 0.267 e. The average molecular weight is 275 g/mol. The van der Waals surface area contributed by atoms with Crippen LogP contribution in [0.25, 0.3) is 0 Å². The molecule has 0 bridgehead atoms. The third-order valence-electron chi connectivity index (χ3n) is 3.73. The van der Waals surface area contributed by atoms with Crippen molar-refractivity contribution in [2.75, 3.05) is 18.5 Å². The predicted molar refractivity (Wildman–Crippen MR) is 72.3 cm³/mol. The number of amides is 2. The monoisotopic (exact) mass is 275 g/mol. The van der Waals surface area contributed by atoms with Crippen LogP contribution in [0.15, 0.2) is 12.1 Å². The summed E-state index contributed by atoms with van der Waals surface area (Å²) in [6.45, 7) is 1.26. The number of rotatable bonds is 4.